The predicted molar refractivity (Wildman–Crippen MR) is 84.5 cm³/mol. The second-order valence-electron chi connectivity index (χ2n) is 4.04. The lowest BCUT2D eigenvalue weighted by atomic mass is 9.89. The van der Waals surface area contributed by atoms with Crippen LogP contribution >= 0.6 is 24.4 Å². The van der Waals surface area contributed by atoms with Gasteiger partial charge in [0, 0.05) is 16.4 Å². The number of rotatable bonds is 5. The van der Waals surface area contributed by atoms with Crippen molar-refractivity contribution in [2.45, 2.75) is 19.0 Å². The van der Waals surface area contributed by atoms with Crippen molar-refractivity contribution >= 4 is 44.5 Å². The van der Waals surface area contributed by atoms with Crippen LogP contribution in [0.4, 0.5) is 0 Å². The Bertz CT molecular complexity index is 759. The molecule has 1 rings (SSSR count). The SMILES string of the molecule is CCNS(=O)(=O)C1=CC(=C=S)C([N+](=O)[O-])C(=C=S)C1[N+](=O)[O-]. The third-order valence-corrected chi connectivity index (χ3v) is 4.85. The second-order valence-corrected chi connectivity index (χ2v) is 6.21. The van der Waals surface area contributed by atoms with Crippen molar-refractivity contribution < 1.29 is 18.3 Å². The highest BCUT2D eigenvalue weighted by Gasteiger charge is 2.50. The molecule has 0 aromatic heterocycles. The molecule has 0 aliphatic heterocycles. The summed E-state index contributed by atoms with van der Waals surface area (Å²) in [5, 5.41) is 26.4. The van der Waals surface area contributed by atoms with Gasteiger partial charge in [-0.05, 0) is 40.6 Å². The highest BCUT2D eigenvalue weighted by Crippen LogP contribution is 2.32. The maximum absolute atomic E-state index is 12.1. The molecule has 22 heavy (non-hydrogen) atoms. The Morgan fingerprint density at radius 2 is 1.77 bits per heavy atom. The molecule has 0 heterocycles. The van der Waals surface area contributed by atoms with Crippen LogP contribution in [0.3, 0.4) is 0 Å². The lowest BCUT2D eigenvalue weighted by Gasteiger charge is -2.22. The van der Waals surface area contributed by atoms with Gasteiger partial charge in [-0.2, -0.15) is 0 Å². The van der Waals surface area contributed by atoms with E-state index in [2.05, 4.69) is 34.2 Å². The van der Waals surface area contributed by atoms with Gasteiger partial charge in [-0.25, -0.2) is 13.1 Å². The van der Waals surface area contributed by atoms with E-state index in [1.165, 1.54) is 6.92 Å². The van der Waals surface area contributed by atoms with Crippen LogP contribution in [0.1, 0.15) is 6.92 Å². The Morgan fingerprint density at radius 1 is 1.23 bits per heavy atom. The molecule has 0 bridgehead atoms. The molecule has 1 N–H and O–H groups in total. The van der Waals surface area contributed by atoms with E-state index in [1.54, 1.807) is 0 Å². The van der Waals surface area contributed by atoms with E-state index in [4.69, 9.17) is 0 Å². The first-order valence-electron chi connectivity index (χ1n) is 5.69. The number of thiocarbonyl (C=S) groups is 2. The van der Waals surface area contributed by atoms with Gasteiger partial charge >= 0.3 is 0 Å². The topological polar surface area (TPSA) is 132 Å². The number of hydrogen-bond acceptors (Lipinski definition) is 8. The summed E-state index contributed by atoms with van der Waals surface area (Å²) in [5.41, 5.74) is -0.877. The van der Waals surface area contributed by atoms with E-state index in [1.807, 2.05) is 5.02 Å². The highest BCUT2D eigenvalue weighted by atomic mass is 32.2. The predicted octanol–water partition coefficient (Wildman–Crippen LogP) is 0.164. The van der Waals surface area contributed by atoms with Gasteiger partial charge < -0.3 is 0 Å². The molecular weight excluding hydrogens is 354 g/mol. The maximum Gasteiger partial charge on any atom is 0.286 e. The van der Waals surface area contributed by atoms with Crippen LogP contribution in [0.15, 0.2) is 22.1 Å². The number of nitro groups is 2. The zero-order valence-electron chi connectivity index (χ0n) is 11.0. The van der Waals surface area contributed by atoms with Crippen LogP contribution in [0.2, 0.25) is 0 Å². The fourth-order valence-electron chi connectivity index (χ4n) is 1.92. The van der Waals surface area contributed by atoms with Gasteiger partial charge in [0.2, 0.25) is 10.0 Å². The molecule has 1 aliphatic carbocycles. The second kappa shape index (κ2) is 6.97. The third-order valence-electron chi connectivity index (χ3n) is 2.75. The molecule has 9 nitrogen and oxygen atoms in total. The Balaban J connectivity index is 3.75. The Morgan fingerprint density at radius 3 is 2.14 bits per heavy atom. The summed E-state index contributed by atoms with van der Waals surface area (Å²) in [6.45, 7) is 1.46. The van der Waals surface area contributed by atoms with Gasteiger partial charge in [0.25, 0.3) is 12.1 Å². The van der Waals surface area contributed by atoms with Crippen molar-refractivity contribution in [1.82, 2.24) is 4.72 Å². The van der Waals surface area contributed by atoms with Gasteiger partial charge in [-0.15, -0.1) is 0 Å². The van der Waals surface area contributed by atoms with Crippen molar-refractivity contribution in [3.63, 3.8) is 0 Å². The zero-order chi connectivity index (χ0) is 17.1. The van der Waals surface area contributed by atoms with E-state index in [0.29, 0.717) is 0 Å². The van der Waals surface area contributed by atoms with E-state index < -0.39 is 42.4 Å². The average Bonchev–Trinajstić information content (AvgIpc) is 2.44. The van der Waals surface area contributed by atoms with Crippen LogP contribution in [-0.2, 0) is 10.0 Å². The first kappa shape index (κ1) is 18.2. The number of hydrogen-bond donors (Lipinski definition) is 1. The van der Waals surface area contributed by atoms with Crippen LogP contribution in [0, 0.1) is 20.2 Å². The standard InChI is InChI=1S/C10H9N3O6S3/c1-2-11-22(18,19)8-3-6(4-20)9(12(14)15)7(5-21)10(8)13(16)17/h3,9-11H,2H2,1H3. The third kappa shape index (κ3) is 3.33. The van der Waals surface area contributed by atoms with Crippen LogP contribution < -0.4 is 4.72 Å². The minimum atomic E-state index is -4.23. The minimum absolute atomic E-state index is 0.0178. The number of sulfonamides is 1. The quantitative estimate of drug-likeness (QED) is 0.415. The molecule has 0 saturated heterocycles. The molecule has 12 heteroatoms. The Labute approximate surface area is 135 Å². The van der Waals surface area contributed by atoms with Gasteiger partial charge in [0.05, 0.1) is 5.57 Å². The van der Waals surface area contributed by atoms with Gasteiger partial charge in [0.1, 0.15) is 10.5 Å². The van der Waals surface area contributed by atoms with E-state index in [0.717, 1.165) is 6.08 Å². The number of nitrogens with zero attached hydrogens (tertiary/aromatic N) is 2. The lowest BCUT2D eigenvalue weighted by Crippen LogP contribution is -2.43. The van der Waals surface area contributed by atoms with E-state index in [-0.39, 0.29) is 12.1 Å². The Hall–Kier alpha value is -1.81. The summed E-state index contributed by atoms with van der Waals surface area (Å²) in [4.78, 5) is 19.8. The highest BCUT2D eigenvalue weighted by molar-refractivity contribution is 7.93. The van der Waals surface area contributed by atoms with Crippen molar-refractivity contribution in [3.8, 4) is 0 Å². The van der Waals surface area contributed by atoms with Crippen LogP contribution in [-0.4, -0.2) is 46.9 Å². The molecule has 0 fully saturated rings. The fourth-order valence-corrected chi connectivity index (χ4v) is 3.65. The summed E-state index contributed by atoms with van der Waals surface area (Å²) < 4.78 is 26.3. The molecule has 1 aliphatic rings. The van der Waals surface area contributed by atoms with Gasteiger partial charge in [0.15, 0.2) is 0 Å². The van der Waals surface area contributed by atoms with E-state index in [9.17, 15) is 28.6 Å². The fraction of sp³-hybridized carbons (Fsp3) is 0.400. The molecule has 0 amide bonds. The van der Waals surface area contributed by atoms with Gasteiger partial charge in [-0.3, -0.25) is 20.2 Å². The first-order valence-corrected chi connectivity index (χ1v) is 7.99. The van der Waals surface area contributed by atoms with Crippen molar-refractivity contribution in [1.29, 1.82) is 0 Å². The molecule has 0 spiro atoms. The van der Waals surface area contributed by atoms with Crippen molar-refractivity contribution in [2.75, 3.05) is 6.54 Å². The molecule has 0 aromatic carbocycles. The molecular formula is C10H9N3O6S3. The summed E-state index contributed by atoms with van der Waals surface area (Å²) in [5.74, 6) is 0. The summed E-state index contributed by atoms with van der Waals surface area (Å²) in [7, 11) is -4.23. The normalized spacial score (nSPS) is 21.6. The summed E-state index contributed by atoms with van der Waals surface area (Å²) in [6, 6.07) is -3.74. The summed E-state index contributed by atoms with van der Waals surface area (Å²) >= 11 is 9.01. The Kier molecular flexibility index (Phi) is 5.78. The molecule has 0 aromatic rings. The lowest BCUT2D eigenvalue weighted by molar-refractivity contribution is -0.528. The first-order chi connectivity index (χ1) is 10.2. The maximum atomic E-state index is 12.1. The van der Waals surface area contributed by atoms with Crippen molar-refractivity contribution in [3.05, 3.63) is 42.4 Å². The average molecular weight is 363 g/mol. The largest absolute Gasteiger partial charge is 0.286 e. The zero-order valence-corrected chi connectivity index (χ0v) is 13.5. The van der Waals surface area contributed by atoms with Crippen LogP contribution in [0.5, 0.6) is 0 Å². The monoisotopic (exact) mass is 363 g/mol. The van der Waals surface area contributed by atoms with Gasteiger partial charge in [-0.1, -0.05) is 6.92 Å². The molecule has 0 radical (unpaired) electrons. The number of nitrogens with one attached hydrogen (secondary N) is 1. The molecule has 118 valence electrons. The summed E-state index contributed by atoms with van der Waals surface area (Å²) in [6.07, 6.45) is 0.794. The van der Waals surface area contributed by atoms with E-state index >= 15 is 0 Å². The van der Waals surface area contributed by atoms with Crippen molar-refractivity contribution in [2.24, 2.45) is 0 Å². The van der Waals surface area contributed by atoms with Crippen LogP contribution in [0.25, 0.3) is 0 Å². The molecule has 2 atom stereocenters. The molecule has 0 saturated carbocycles. The smallest absolute Gasteiger partial charge is 0.263 e. The minimum Gasteiger partial charge on any atom is -0.263 e. The molecule has 2 unspecified atom stereocenters.